The number of fused-ring (bicyclic) bond motifs is 1. The maximum atomic E-state index is 12.2. The maximum Gasteiger partial charge on any atom is 0.255 e. The molecule has 1 aliphatic rings. The highest BCUT2D eigenvalue weighted by Gasteiger charge is 2.16. The topological polar surface area (TPSA) is 71.4 Å². The molecule has 0 aliphatic carbocycles. The molecule has 0 aromatic heterocycles. The van der Waals surface area contributed by atoms with Gasteiger partial charge in [0.05, 0.1) is 22.3 Å². The second-order valence-corrected chi connectivity index (χ2v) is 4.74. The lowest BCUT2D eigenvalue weighted by atomic mass is 10.1. The first-order chi connectivity index (χ1) is 10.2. The lowest BCUT2D eigenvalue weighted by Gasteiger charge is -2.08. The summed E-state index contributed by atoms with van der Waals surface area (Å²) in [6, 6.07) is 11.6. The van der Waals surface area contributed by atoms with Gasteiger partial charge >= 0.3 is 0 Å². The van der Waals surface area contributed by atoms with E-state index in [9.17, 15) is 4.79 Å². The van der Waals surface area contributed by atoms with Gasteiger partial charge in [0.15, 0.2) is 11.5 Å². The number of anilines is 1. The molecule has 104 valence electrons. The molecular formula is C15H9ClN2O3. The van der Waals surface area contributed by atoms with E-state index in [-0.39, 0.29) is 12.7 Å². The molecule has 3 rings (SSSR count). The van der Waals surface area contributed by atoms with Crippen LogP contribution in [0.5, 0.6) is 11.5 Å². The Morgan fingerprint density at radius 2 is 2.00 bits per heavy atom. The van der Waals surface area contributed by atoms with E-state index in [0.717, 1.165) is 0 Å². The van der Waals surface area contributed by atoms with Crippen LogP contribution in [-0.4, -0.2) is 12.7 Å². The van der Waals surface area contributed by atoms with Crippen LogP contribution in [0.4, 0.5) is 5.69 Å². The van der Waals surface area contributed by atoms with E-state index in [2.05, 4.69) is 5.32 Å². The molecule has 2 aromatic rings. The third-order valence-electron chi connectivity index (χ3n) is 2.98. The molecule has 0 atom stereocenters. The molecule has 0 spiro atoms. The van der Waals surface area contributed by atoms with E-state index in [0.29, 0.717) is 33.3 Å². The highest BCUT2D eigenvalue weighted by molar-refractivity contribution is 6.34. The maximum absolute atomic E-state index is 12.2. The predicted molar refractivity (Wildman–Crippen MR) is 76.7 cm³/mol. The van der Waals surface area contributed by atoms with Crippen molar-refractivity contribution in [2.24, 2.45) is 0 Å². The summed E-state index contributed by atoms with van der Waals surface area (Å²) in [5.74, 6) is 0.792. The largest absolute Gasteiger partial charge is 0.454 e. The van der Waals surface area contributed by atoms with Gasteiger partial charge in [0.2, 0.25) is 6.79 Å². The molecular weight excluding hydrogens is 292 g/mol. The molecule has 0 saturated carbocycles. The quantitative estimate of drug-likeness (QED) is 0.924. The van der Waals surface area contributed by atoms with Crippen LogP contribution < -0.4 is 14.8 Å². The van der Waals surface area contributed by atoms with Crippen LogP contribution in [-0.2, 0) is 0 Å². The second-order valence-electron chi connectivity index (χ2n) is 4.33. The molecule has 0 saturated heterocycles. The van der Waals surface area contributed by atoms with E-state index in [4.69, 9.17) is 26.3 Å². The molecule has 6 heteroatoms. The molecule has 1 amide bonds. The number of nitriles is 1. The van der Waals surface area contributed by atoms with Gasteiger partial charge in [-0.1, -0.05) is 11.6 Å². The fourth-order valence-electron chi connectivity index (χ4n) is 1.92. The third kappa shape index (κ3) is 2.62. The number of carbonyl (C=O) groups is 1. The van der Waals surface area contributed by atoms with Gasteiger partial charge in [-0.15, -0.1) is 0 Å². The van der Waals surface area contributed by atoms with Crippen molar-refractivity contribution >= 4 is 23.2 Å². The highest BCUT2D eigenvalue weighted by Crippen LogP contribution is 2.33. The van der Waals surface area contributed by atoms with Gasteiger partial charge < -0.3 is 14.8 Å². The van der Waals surface area contributed by atoms with Gasteiger partial charge in [-0.2, -0.15) is 5.26 Å². The summed E-state index contributed by atoms with van der Waals surface area (Å²) >= 11 is 6.01. The Bertz CT molecular complexity index is 768. The van der Waals surface area contributed by atoms with E-state index in [1.165, 1.54) is 6.07 Å². The number of halogens is 1. The minimum absolute atomic E-state index is 0.149. The molecule has 1 heterocycles. The minimum atomic E-state index is -0.342. The Hall–Kier alpha value is -2.71. The van der Waals surface area contributed by atoms with Crippen molar-refractivity contribution < 1.29 is 14.3 Å². The van der Waals surface area contributed by atoms with Crippen molar-refractivity contribution in [2.45, 2.75) is 0 Å². The zero-order valence-corrected chi connectivity index (χ0v) is 11.5. The highest BCUT2D eigenvalue weighted by atomic mass is 35.5. The number of ether oxygens (including phenoxy) is 2. The summed E-state index contributed by atoms with van der Waals surface area (Å²) in [7, 11) is 0. The molecule has 0 radical (unpaired) electrons. The molecule has 1 aliphatic heterocycles. The summed E-state index contributed by atoms with van der Waals surface area (Å²) in [5.41, 5.74) is 1.22. The van der Waals surface area contributed by atoms with Crippen LogP contribution in [0.1, 0.15) is 15.9 Å². The van der Waals surface area contributed by atoms with Gasteiger partial charge in [0.25, 0.3) is 5.91 Å². The summed E-state index contributed by atoms with van der Waals surface area (Å²) < 4.78 is 10.4. The fourth-order valence-corrected chi connectivity index (χ4v) is 2.09. The molecule has 0 fully saturated rings. The first-order valence-electron chi connectivity index (χ1n) is 6.08. The minimum Gasteiger partial charge on any atom is -0.454 e. The van der Waals surface area contributed by atoms with Gasteiger partial charge in [-0.3, -0.25) is 4.79 Å². The summed E-state index contributed by atoms with van der Waals surface area (Å²) in [4.78, 5) is 12.2. The number of hydrogen-bond acceptors (Lipinski definition) is 4. The number of nitrogens with one attached hydrogen (secondary N) is 1. The van der Waals surface area contributed by atoms with Crippen LogP contribution in [0.3, 0.4) is 0 Å². The van der Waals surface area contributed by atoms with Crippen molar-refractivity contribution in [1.29, 1.82) is 5.26 Å². The number of nitrogens with zero attached hydrogens (tertiary/aromatic N) is 1. The lowest BCUT2D eigenvalue weighted by molar-refractivity contribution is 0.102. The van der Waals surface area contributed by atoms with Crippen LogP contribution in [0, 0.1) is 11.3 Å². The number of amides is 1. The number of carbonyl (C=O) groups excluding carboxylic acids is 1. The second kappa shape index (κ2) is 5.35. The van der Waals surface area contributed by atoms with Crippen molar-refractivity contribution in [2.75, 3.05) is 12.1 Å². The third-order valence-corrected chi connectivity index (χ3v) is 3.31. The van der Waals surface area contributed by atoms with Gasteiger partial charge in [0.1, 0.15) is 0 Å². The SMILES string of the molecule is N#Cc1ccc(Cl)c(NC(=O)c2ccc3c(c2)OCO3)c1. The Labute approximate surface area is 125 Å². The zero-order chi connectivity index (χ0) is 14.8. The van der Waals surface area contributed by atoms with E-state index >= 15 is 0 Å². The van der Waals surface area contributed by atoms with E-state index in [1.54, 1.807) is 30.3 Å². The molecule has 2 aromatic carbocycles. The summed E-state index contributed by atoms with van der Waals surface area (Å²) in [5, 5.41) is 11.9. The van der Waals surface area contributed by atoms with Gasteiger partial charge in [-0.25, -0.2) is 0 Å². The molecule has 0 bridgehead atoms. The summed E-state index contributed by atoms with van der Waals surface area (Å²) in [6.45, 7) is 0.149. The standard InChI is InChI=1S/C15H9ClN2O3/c16-11-3-1-9(7-17)5-12(11)18-15(19)10-2-4-13-14(6-10)21-8-20-13/h1-6H,8H2,(H,18,19). The van der Waals surface area contributed by atoms with Crippen LogP contribution >= 0.6 is 11.6 Å². The molecule has 21 heavy (non-hydrogen) atoms. The smallest absolute Gasteiger partial charge is 0.255 e. The van der Waals surface area contributed by atoms with Crippen LogP contribution in [0.2, 0.25) is 5.02 Å². The molecule has 5 nitrogen and oxygen atoms in total. The monoisotopic (exact) mass is 300 g/mol. The average Bonchev–Trinajstić information content (AvgIpc) is 2.96. The van der Waals surface area contributed by atoms with Gasteiger partial charge in [0, 0.05) is 5.56 Å². The van der Waals surface area contributed by atoms with Gasteiger partial charge in [-0.05, 0) is 36.4 Å². The molecule has 1 N–H and O–H groups in total. The Morgan fingerprint density at radius 3 is 2.81 bits per heavy atom. The first-order valence-corrected chi connectivity index (χ1v) is 6.46. The fraction of sp³-hybridized carbons (Fsp3) is 0.0667. The number of rotatable bonds is 2. The predicted octanol–water partition coefficient (Wildman–Crippen LogP) is 3.19. The van der Waals surface area contributed by atoms with E-state index in [1.807, 2.05) is 6.07 Å². The first kappa shape index (κ1) is 13.3. The van der Waals surface area contributed by atoms with Crippen LogP contribution in [0.15, 0.2) is 36.4 Å². The summed E-state index contributed by atoms with van der Waals surface area (Å²) in [6.07, 6.45) is 0. The Kier molecular flexibility index (Phi) is 3.38. The van der Waals surface area contributed by atoms with Crippen molar-refractivity contribution in [1.82, 2.24) is 0 Å². The zero-order valence-electron chi connectivity index (χ0n) is 10.7. The van der Waals surface area contributed by atoms with E-state index < -0.39 is 0 Å². The van der Waals surface area contributed by atoms with Crippen molar-refractivity contribution in [3.8, 4) is 17.6 Å². The Morgan fingerprint density at radius 1 is 1.19 bits per heavy atom. The average molecular weight is 301 g/mol. The van der Waals surface area contributed by atoms with Crippen molar-refractivity contribution in [3.63, 3.8) is 0 Å². The Balaban J connectivity index is 1.85. The van der Waals surface area contributed by atoms with Crippen LogP contribution in [0.25, 0.3) is 0 Å². The number of hydrogen-bond donors (Lipinski definition) is 1. The lowest BCUT2D eigenvalue weighted by Crippen LogP contribution is -2.12. The number of benzene rings is 2. The van der Waals surface area contributed by atoms with Crippen molar-refractivity contribution in [3.05, 3.63) is 52.5 Å². The normalized spacial score (nSPS) is 11.8. The molecule has 0 unspecified atom stereocenters.